The van der Waals surface area contributed by atoms with E-state index in [1.807, 2.05) is 12.1 Å². The molecular weight excluding hydrogens is 278 g/mol. The number of anilines is 2. The Bertz CT molecular complexity index is 622. The summed E-state index contributed by atoms with van der Waals surface area (Å²) in [5, 5.41) is 16.6. The van der Waals surface area contributed by atoms with Crippen molar-refractivity contribution in [1.29, 1.82) is 0 Å². The van der Waals surface area contributed by atoms with E-state index in [1.165, 1.54) is 13.0 Å². The lowest BCUT2D eigenvalue weighted by molar-refractivity contribution is -0.380. The van der Waals surface area contributed by atoms with Gasteiger partial charge >= 0.3 is 5.00 Å². The Hall–Kier alpha value is -2.41. The minimum atomic E-state index is -0.392. The van der Waals surface area contributed by atoms with Gasteiger partial charge in [-0.15, -0.1) is 0 Å². The van der Waals surface area contributed by atoms with E-state index in [9.17, 15) is 14.9 Å². The van der Waals surface area contributed by atoms with Crippen LogP contribution in [0.3, 0.4) is 0 Å². The predicted molar refractivity (Wildman–Crippen MR) is 79.0 cm³/mol. The average Bonchev–Trinajstić information content (AvgIpc) is 2.86. The lowest BCUT2D eigenvalue weighted by atomic mass is 10.2. The number of carbonyl (C=O) groups is 1. The van der Waals surface area contributed by atoms with Gasteiger partial charge in [0.25, 0.3) is 0 Å². The molecule has 1 heterocycles. The number of thiophene rings is 1. The molecular formula is C13H13N3O3S. The fourth-order valence-corrected chi connectivity index (χ4v) is 2.38. The number of nitrogens with zero attached hydrogens (tertiary/aromatic N) is 1. The van der Waals surface area contributed by atoms with Crippen molar-refractivity contribution in [1.82, 2.24) is 0 Å². The van der Waals surface area contributed by atoms with Crippen molar-refractivity contribution in [2.45, 2.75) is 13.5 Å². The summed E-state index contributed by atoms with van der Waals surface area (Å²) in [5.74, 6) is -0.114. The number of benzene rings is 1. The van der Waals surface area contributed by atoms with Gasteiger partial charge in [0.15, 0.2) is 0 Å². The molecule has 0 aliphatic carbocycles. The molecule has 1 aromatic heterocycles. The van der Waals surface area contributed by atoms with Crippen molar-refractivity contribution < 1.29 is 9.72 Å². The monoisotopic (exact) mass is 291 g/mol. The molecule has 2 rings (SSSR count). The van der Waals surface area contributed by atoms with Crippen LogP contribution in [0.2, 0.25) is 0 Å². The third-order valence-corrected chi connectivity index (χ3v) is 3.54. The van der Waals surface area contributed by atoms with Gasteiger partial charge in [-0.1, -0.05) is 11.3 Å². The molecule has 0 unspecified atom stereocenters. The molecule has 0 radical (unpaired) electrons. The summed E-state index contributed by atoms with van der Waals surface area (Å²) in [6.07, 6.45) is 0. The van der Waals surface area contributed by atoms with Crippen LogP contribution >= 0.6 is 11.3 Å². The highest BCUT2D eigenvalue weighted by molar-refractivity contribution is 7.15. The first-order valence-electron chi connectivity index (χ1n) is 5.89. The number of carbonyl (C=O) groups excluding carboxylic acids is 1. The van der Waals surface area contributed by atoms with Gasteiger partial charge in [-0.2, -0.15) is 0 Å². The number of amides is 1. The lowest BCUT2D eigenvalue weighted by Gasteiger charge is -2.06. The predicted octanol–water partition coefficient (Wildman–Crippen LogP) is 3.23. The molecule has 20 heavy (non-hydrogen) atoms. The minimum absolute atomic E-state index is 0.114. The fourth-order valence-electron chi connectivity index (χ4n) is 1.62. The molecule has 6 nitrogen and oxygen atoms in total. The summed E-state index contributed by atoms with van der Waals surface area (Å²) in [6, 6.07) is 10.5. The van der Waals surface area contributed by atoms with Crippen LogP contribution in [0.5, 0.6) is 0 Å². The number of hydrogen-bond donors (Lipinski definition) is 2. The van der Waals surface area contributed by atoms with Crippen LogP contribution in [0.25, 0.3) is 0 Å². The Morgan fingerprint density at radius 1 is 1.20 bits per heavy atom. The highest BCUT2D eigenvalue weighted by Crippen LogP contribution is 2.24. The van der Waals surface area contributed by atoms with Gasteiger partial charge in [0, 0.05) is 35.8 Å². The first kappa shape index (κ1) is 14.0. The zero-order valence-electron chi connectivity index (χ0n) is 10.8. The summed E-state index contributed by atoms with van der Waals surface area (Å²) in [6.45, 7) is 1.98. The van der Waals surface area contributed by atoms with E-state index >= 15 is 0 Å². The second-order valence-corrected chi connectivity index (χ2v) is 5.26. The first-order valence-corrected chi connectivity index (χ1v) is 6.71. The van der Waals surface area contributed by atoms with Crippen LogP contribution in [0.15, 0.2) is 36.4 Å². The summed E-state index contributed by atoms with van der Waals surface area (Å²) < 4.78 is 0. The highest BCUT2D eigenvalue weighted by Gasteiger charge is 2.09. The van der Waals surface area contributed by atoms with Gasteiger partial charge in [0.2, 0.25) is 5.91 Å². The maximum absolute atomic E-state index is 10.9. The molecule has 0 bridgehead atoms. The number of nitrogens with one attached hydrogen (secondary N) is 2. The molecule has 0 atom stereocenters. The van der Waals surface area contributed by atoms with E-state index < -0.39 is 4.92 Å². The Morgan fingerprint density at radius 3 is 2.40 bits per heavy atom. The largest absolute Gasteiger partial charge is 0.380 e. The van der Waals surface area contributed by atoms with Crippen molar-refractivity contribution >= 4 is 33.6 Å². The standard InChI is InChI=1S/C13H13N3O3S/c1-9(17)15-11-4-2-10(3-5-11)14-8-12-6-7-13(20-12)16(18)19/h2-7,14H,8H2,1H3,(H,15,17). The molecule has 0 saturated heterocycles. The summed E-state index contributed by atoms with van der Waals surface area (Å²) in [5.41, 5.74) is 1.62. The third-order valence-electron chi connectivity index (χ3n) is 2.50. The second kappa shape index (κ2) is 6.16. The number of hydrogen-bond acceptors (Lipinski definition) is 5. The van der Waals surface area contributed by atoms with E-state index in [1.54, 1.807) is 18.2 Å². The van der Waals surface area contributed by atoms with E-state index in [4.69, 9.17) is 0 Å². The number of rotatable bonds is 5. The SMILES string of the molecule is CC(=O)Nc1ccc(NCc2ccc([N+](=O)[O-])s2)cc1. The van der Waals surface area contributed by atoms with Gasteiger partial charge in [-0.25, -0.2) is 0 Å². The van der Waals surface area contributed by atoms with Crippen LogP contribution in [-0.4, -0.2) is 10.8 Å². The highest BCUT2D eigenvalue weighted by atomic mass is 32.1. The molecule has 1 aromatic carbocycles. The van der Waals surface area contributed by atoms with Crippen LogP contribution in [0, 0.1) is 10.1 Å². The maximum Gasteiger partial charge on any atom is 0.324 e. The zero-order valence-corrected chi connectivity index (χ0v) is 11.6. The van der Waals surface area contributed by atoms with E-state index in [0.29, 0.717) is 6.54 Å². The van der Waals surface area contributed by atoms with E-state index in [0.717, 1.165) is 27.6 Å². The summed E-state index contributed by atoms with van der Waals surface area (Å²) in [7, 11) is 0. The maximum atomic E-state index is 10.9. The van der Waals surface area contributed by atoms with E-state index in [-0.39, 0.29) is 10.9 Å². The Balaban J connectivity index is 1.93. The first-order chi connectivity index (χ1) is 9.54. The molecule has 7 heteroatoms. The Labute approximate surface area is 119 Å². The van der Waals surface area contributed by atoms with Crippen LogP contribution in [0.1, 0.15) is 11.8 Å². The smallest absolute Gasteiger partial charge is 0.324 e. The van der Waals surface area contributed by atoms with Gasteiger partial charge in [0.1, 0.15) is 0 Å². The Kier molecular flexibility index (Phi) is 4.31. The normalized spacial score (nSPS) is 10.1. The van der Waals surface area contributed by atoms with Crippen LogP contribution in [0.4, 0.5) is 16.4 Å². The van der Waals surface area contributed by atoms with Crippen LogP contribution in [-0.2, 0) is 11.3 Å². The van der Waals surface area contributed by atoms with Gasteiger partial charge in [0.05, 0.1) is 4.92 Å². The average molecular weight is 291 g/mol. The third kappa shape index (κ3) is 3.79. The molecule has 0 aliphatic heterocycles. The fraction of sp³-hybridized carbons (Fsp3) is 0.154. The molecule has 2 aromatic rings. The lowest BCUT2D eigenvalue weighted by Crippen LogP contribution is -2.05. The molecule has 104 valence electrons. The molecule has 0 saturated carbocycles. The van der Waals surface area contributed by atoms with Gasteiger partial charge < -0.3 is 10.6 Å². The second-order valence-electron chi connectivity index (χ2n) is 4.11. The van der Waals surface area contributed by atoms with Crippen molar-refractivity contribution in [3.63, 3.8) is 0 Å². The summed E-state index contributed by atoms with van der Waals surface area (Å²) >= 11 is 1.15. The Morgan fingerprint density at radius 2 is 1.85 bits per heavy atom. The van der Waals surface area contributed by atoms with Crippen molar-refractivity contribution in [2.24, 2.45) is 0 Å². The van der Waals surface area contributed by atoms with Crippen molar-refractivity contribution in [3.05, 3.63) is 51.4 Å². The topological polar surface area (TPSA) is 84.3 Å². The zero-order chi connectivity index (χ0) is 14.5. The molecule has 0 spiro atoms. The molecule has 1 amide bonds. The quantitative estimate of drug-likeness (QED) is 0.654. The molecule has 0 aliphatic rings. The van der Waals surface area contributed by atoms with Gasteiger partial charge in [-0.3, -0.25) is 14.9 Å². The minimum Gasteiger partial charge on any atom is -0.380 e. The van der Waals surface area contributed by atoms with Crippen LogP contribution < -0.4 is 10.6 Å². The van der Waals surface area contributed by atoms with Crippen molar-refractivity contribution in [3.8, 4) is 0 Å². The number of nitro groups is 1. The van der Waals surface area contributed by atoms with Crippen molar-refractivity contribution in [2.75, 3.05) is 10.6 Å². The van der Waals surface area contributed by atoms with E-state index in [2.05, 4.69) is 10.6 Å². The summed E-state index contributed by atoms with van der Waals surface area (Å²) in [4.78, 5) is 22.0. The van der Waals surface area contributed by atoms with Gasteiger partial charge in [-0.05, 0) is 30.3 Å². The molecule has 2 N–H and O–H groups in total. The molecule has 0 fully saturated rings.